The minimum absolute atomic E-state index is 0.291. The standard InChI is InChI=1S/C62H100N6O8/c1-5-9-13-17-21-25-29-33-41-73-55-45-51(46-56(49-55)74-42-34-30-26-22-18-14-10-6-2)59(69)65-67-61(71)63-53-37-39-54(40-38-53)64-62(72)68-66-60(70)52-47-57(75-43-35-31-27-23-19-15-11-7-3)50-58(48-52)76-44-36-32-28-24-20-16-12-8-4/h37-40,45-50H,5-36,41-44H2,1-4H3,(H,65,69)(H,66,70)(H2,63,67,71)(H2,64,68,72). The van der Waals surface area contributed by atoms with E-state index in [4.69, 9.17) is 18.9 Å². The van der Waals surface area contributed by atoms with Crippen LogP contribution in [-0.4, -0.2) is 50.3 Å². The van der Waals surface area contributed by atoms with Gasteiger partial charge in [-0.25, -0.2) is 20.4 Å². The lowest BCUT2D eigenvalue weighted by atomic mass is 10.1. The van der Waals surface area contributed by atoms with Gasteiger partial charge in [0, 0.05) is 34.6 Å². The second kappa shape index (κ2) is 43.4. The van der Waals surface area contributed by atoms with E-state index < -0.39 is 23.9 Å². The Morgan fingerprint density at radius 2 is 0.526 bits per heavy atom. The van der Waals surface area contributed by atoms with Crippen molar-refractivity contribution in [3.8, 4) is 23.0 Å². The Kier molecular flexibility index (Phi) is 36.9. The highest BCUT2D eigenvalue weighted by Crippen LogP contribution is 2.26. The number of hydrogen-bond donors (Lipinski definition) is 6. The number of rotatable bonds is 44. The minimum Gasteiger partial charge on any atom is -0.493 e. The molecule has 14 nitrogen and oxygen atoms in total. The van der Waals surface area contributed by atoms with Gasteiger partial charge in [-0.1, -0.05) is 207 Å². The van der Waals surface area contributed by atoms with Crippen molar-refractivity contribution in [1.82, 2.24) is 21.7 Å². The van der Waals surface area contributed by atoms with Crippen LogP contribution in [-0.2, 0) is 0 Å². The van der Waals surface area contributed by atoms with Crippen LogP contribution in [0.5, 0.6) is 23.0 Å². The number of carbonyl (C=O) groups excluding carboxylic acids is 4. The average Bonchev–Trinajstić information content (AvgIpc) is 3.42. The summed E-state index contributed by atoms with van der Waals surface area (Å²) in [5, 5.41) is 5.35. The Bertz CT molecular complexity index is 1780. The summed E-state index contributed by atoms with van der Waals surface area (Å²) < 4.78 is 24.4. The van der Waals surface area contributed by atoms with Crippen molar-refractivity contribution in [1.29, 1.82) is 0 Å². The molecule has 426 valence electrons. The Hall–Kier alpha value is -5.66. The van der Waals surface area contributed by atoms with E-state index in [1.165, 1.54) is 154 Å². The van der Waals surface area contributed by atoms with Crippen molar-refractivity contribution >= 4 is 35.3 Å². The highest BCUT2D eigenvalue weighted by molar-refractivity contribution is 5.99. The molecule has 0 aliphatic rings. The first-order chi connectivity index (χ1) is 37.2. The third kappa shape index (κ3) is 32.0. The first-order valence-corrected chi connectivity index (χ1v) is 29.9. The van der Waals surface area contributed by atoms with Crippen molar-refractivity contribution < 1.29 is 38.1 Å². The van der Waals surface area contributed by atoms with E-state index in [-0.39, 0.29) is 0 Å². The van der Waals surface area contributed by atoms with E-state index in [9.17, 15) is 19.2 Å². The Labute approximate surface area is 458 Å². The van der Waals surface area contributed by atoms with Gasteiger partial charge in [-0.3, -0.25) is 20.4 Å². The van der Waals surface area contributed by atoms with Gasteiger partial charge in [0.15, 0.2) is 0 Å². The molecule has 14 heteroatoms. The second-order valence-electron chi connectivity index (χ2n) is 20.3. The molecule has 0 saturated carbocycles. The fourth-order valence-electron chi connectivity index (χ4n) is 8.78. The second-order valence-corrected chi connectivity index (χ2v) is 20.3. The molecule has 3 aromatic carbocycles. The van der Waals surface area contributed by atoms with E-state index in [1.807, 2.05) is 12.1 Å². The van der Waals surface area contributed by atoms with Crippen molar-refractivity contribution in [2.24, 2.45) is 0 Å². The predicted molar refractivity (Wildman–Crippen MR) is 311 cm³/mol. The van der Waals surface area contributed by atoms with Gasteiger partial charge < -0.3 is 29.6 Å². The van der Waals surface area contributed by atoms with Crippen molar-refractivity contribution in [2.75, 3.05) is 37.1 Å². The van der Waals surface area contributed by atoms with Gasteiger partial charge in [-0.15, -0.1) is 0 Å². The Morgan fingerprint density at radius 3 is 0.763 bits per heavy atom. The van der Waals surface area contributed by atoms with Crippen molar-refractivity contribution in [2.45, 2.75) is 233 Å². The average molecular weight is 1060 g/mol. The van der Waals surface area contributed by atoms with E-state index in [2.05, 4.69) is 60.0 Å². The monoisotopic (exact) mass is 1060 g/mol. The van der Waals surface area contributed by atoms with Crippen LogP contribution in [0.25, 0.3) is 0 Å². The summed E-state index contributed by atoms with van der Waals surface area (Å²) >= 11 is 0. The molecule has 3 aromatic rings. The summed E-state index contributed by atoms with van der Waals surface area (Å²) in [6.07, 6.45) is 38.1. The number of hydrogen-bond acceptors (Lipinski definition) is 8. The smallest absolute Gasteiger partial charge is 0.337 e. The maximum absolute atomic E-state index is 13.4. The van der Waals surface area contributed by atoms with Gasteiger partial charge >= 0.3 is 12.1 Å². The molecule has 0 aromatic heterocycles. The zero-order valence-electron chi connectivity index (χ0n) is 47.5. The number of carbonyl (C=O) groups is 4. The van der Waals surface area contributed by atoms with E-state index in [0.717, 1.165) is 51.4 Å². The maximum Gasteiger partial charge on any atom is 0.337 e. The maximum atomic E-state index is 13.4. The van der Waals surface area contributed by atoms with Crippen LogP contribution in [0.4, 0.5) is 21.0 Å². The highest BCUT2D eigenvalue weighted by atomic mass is 16.5. The lowest BCUT2D eigenvalue weighted by molar-refractivity contribution is 0.0930. The van der Waals surface area contributed by atoms with Gasteiger partial charge in [0.1, 0.15) is 23.0 Å². The number of amides is 6. The molecule has 0 fully saturated rings. The van der Waals surface area contributed by atoms with E-state index in [0.29, 0.717) is 71.9 Å². The molecule has 3 rings (SSSR count). The molecule has 0 atom stereocenters. The van der Waals surface area contributed by atoms with Crippen molar-refractivity contribution in [3.05, 3.63) is 71.8 Å². The molecule has 0 unspecified atom stereocenters. The first-order valence-electron chi connectivity index (χ1n) is 29.9. The third-order valence-corrected chi connectivity index (χ3v) is 13.3. The third-order valence-electron chi connectivity index (χ3n) is 13.3. The van der Waals surface area contributed by atoms with Crippen LogP contribution < -0.4 is 51.3 Å². The Morgan fingerprint density at radius 1 is 0.303 bits per heavy atom. The molecule has 0 radical (unpaired) electrons. The normalized spacial score (nSPS) is 10.9. The van der Waals surface area contributed by atoms with E-state index >= 15 is 0 Å². The van der Waals surface area contributed by atoms with Gasteiger partial charge in [0.2, 0.25) is 0 Å². The highest BCUT2D eigenvalue weighted by Gasteiger charge is 2.15. The SMILES string of the molecule is CCCCCCCCCCOc1cc(OCCCCCCCCCC)cc(C(=O)NNC(=O)Nc2ccc(NC(=O)NNC(=O)c3cc(OCCCCCCCCCC)cc(OCCCCCCCCCC)c3)cc2)c1. The molecule has 76 heavy (non-hydrogen) atoms. The van der Waals surface area contributed by atoms with Crippen LogP contribution in [0, 0.1) is 0 Å². The topological polar surface area (TPSA) is 177 Å². The minimum atomic E-state index is -0.674. The number of anilines is 2. The molecule has 0 bridgehead atoms. The summed E-state index contributed by atoms with van der Waals surface area (Å²) in [5.74, 6) is 1.11. The molecule has 0 aliphatic carbocycles. The first kappa shape index (κ1) is 64.6. The van der Waals surface area contributed by atoms with Crippen molar-refractivity contribution in [3.63, 3.8) is 0 Å². The number of ether oxygens (including phenoxy) is 4. The predicted octanol–water partition coefficient (Wildman–Crippen LogP) is 16.7. The number of benzene rings is 3. The van der Waals surface area contributed by atoms with Crippen LogP contribution >= 0.6 is 0 Å². The summed E-state index contributed by atoms with van der Waals surface area (Å²) in [4.78, 5) is 52.5. The van der Waals surface area contributed by atoms with Gasteiger partial charge in [-0.05, 0) is 74.2 Å². The van der Waals surface area contributed by atoms with Crippen LogP contribution in [0.1, 0.15) is 254 Å². The largest absolute Gasteiger partial charge is 0.493 e. The molecular formula is C62H100N6O8. The van der Waals surface area contributed by atoms with Crippen LogP contribution in [0.15, 0.2) is 60.7 Å². The number of urea groups is 2. The number of nitrogens with one attached hydrogen (secondary N) is 6. The van der Waals surface area contributed by atoms with Crippen LogP contribution in [0.2, 0.25) is 0 Å². The van der Waals surface area contributed by atoms with Gasteiger partial charge in [0.25, 0.3) is 11.8 Å². The number of unbranched alkanes of at least 4 members (excludes halogenated alkanes) is 28. The summed E-state index contributed by atoms with van der Waals surface area (Å²) in [6.45, 7) is 11.1. The fraction of sp³-hybridized carbons (Fsp3) is 0.645. The zero-order chi connectivity index (χ0) is 54.5. The Balaban J connectivity index is 1.49. The fourth-order valence-corrected chi connectivity index (χ4v) is 8.78. The van der Waals surface area contributed by atoms with Gasteiger partial charge in [0.05, 0.1) is 26.4 Å². The number of hydrazine groups is 2. The van der Waals surface area contributed by atoms with Gasteiger partial charge in [-0.2, -0.15) is 0 Å². The summed E-state index contributed by atoms with van der Waals surface area (Å²) in [7, 11) is 0. The molecule has 6 amide bonds. The van der Waals surface area contributed by atoms with Crippen LogP contribution in [0.3, 0.4) is 0 Å². The molecule has 0 heterocycles. The lowest BCUT2D eigenvalue weighted by Gasteiger charge is -2.14. The van der Waals surface area contributed by atoms with E-state index in [1.54, 1.807) is 48.5 Å². The molecule has 0 aliphatic heterocycles. The molecule has 0 spiro atoms. The molecule has 0 saturated heterocycles. The zero-order valence-corrected chi connectivity index (χ0v) is 47.5. The molecule has 6 N–H and O–H groups in total. The summed E-state index contributed by atoms with van der Waals surface area (Å²) in [5.41, 5.74) is 11.2. The quantitative estimate of drug-likeness (QED) is 0.0239. The summed E-state index contributed by atoms with van der Waals surface area (Å²) in [6, 6.07) is 15.3. The molecular weight excluding hydrogens is 957 g/mol. The lowest BCUT2D eigenvalue weighted by Crippen LogP contribution is -2.44.